The summed E-state index contributed by atoms with van der Waals surface area (Å²) in [5.41, 5.74) is 0. The van der Waals surface area contributed by atoms with E-state index in [4.69, 9.17) is 0 Å². The number of amides is 2. The number of rotatable bonds is 5. The van der Waals surface area contributed by atoms with Gasteiger partial charge in [0.25, 0.3) is 0 Å². The first-order valence-electron chi connectivity index (χ1n) is 3.94. The topological polar surface area (TPSA) is 67.4 Å². The molecule has 0 aromatic heterocycles. The Morgan fingerprint density at radius 2 is 2.08 bits per heavy atom. The van der Waals surface area contributed by atoms with Gasteiger partial charge in [0.05, 0.1) is 6.61 Å². The van der Waals surface area contributed by atoms with Crippen LogP contribution in [-0.4, -0.2) is 37.0 Å². The minimum Gasteiger partial charge on any atom is -0.465 e. The summed E-state index contributed by atoms with van der Waals surface area (Å²) < 4.78 is 4.61. The van der Waals surface area contributed by atoms with Gasteiger partial charge in [0.1, 0.15) is 6.54 Å². The number of hydrogen-bond donors (Lipinski definition) is 2. The van der Waals surface area contributed by atoms with Crippen LogP contribution >= 0.6 is 15.9 Å². The third-order valence-electron chi connectivity index (χ3n) is 1.08. The number of alkyl halides is 1. The molecule has 0 atom stereocenters. The second-order valence-corrected chi connectivity index (χ2v) is 2.90. The maximum Gasteiger partial charge on any atom is 0.325 e. The first-order chi connectivity index (χ1) is 6.20. The molecular formula is C7H13BrN2O3. The van der Waals surface area contributed by atoms with E-state index >= 15 is 0 Å². The Bertz CT molecular complexity index is 175. The van der Waals surface area contributed by atoms with Gasteiger partial charge >= 0.3 is 12.0 Å². The van der Waals surface area contributed by atoms with E-state index in [-0.39, 0.29) is 12.6 Å². The normalized spacial score (nSPS) is 9.08. The quantitative estimate of drug-likeness (QED) is 0.545. The summed E-state index contributed by atoms with van der Waals surface area (Å²) in [4.78, 5) is 21.6. The van der Waals surface area contributed by atoms with Crippen LogP contribution in [0.4, 0.5) is 4.79 Å². The van der Waals surface area contributed by atoms with E-state index in [1.54, 1.807) is 6.92 Å². The molecule has 0 radical (unpaired) electrons. The molecule has 0 spiro atoms. The highest BCUT2D eigenvalue weighted by Gasteiger charge is 2.03. The van der Waals surface area contributed by atoms with Crippen molar-refractivity contribution >= 4 is 27.9 Å². The van der Waals surface area contributed by atoms with E-state index in [1.165, 1.54) is 0 Å². The molecule has 0 rings (SSSR count). The largest absolute Gasteiger partial charge is 0.465 e. The molecule has 0 aliphatic rings. The monoisotopic (exact) mass is 252 g/mol. The Morgan fingerprint density at radius 3 is 2.62 bits per heavy atom. The van der Waals surface area contributed by atoms with E-state index in [0.29, 0.717) is 18.5 Å². The first-order valence-corrected chi connectivity index (χ1v) is 5.06. The number of carbonyl (C=O) groups excluding carboxylic acids is 2. The molecule has 0 aromatic rings. The van der Waals surface area contributed by atoms with Crippen molar-refractivity contribution in [3.63, 3.8) is 0 Å². The summed E-state index contributed by atoms with van der Waals surface area (Å²) in [5.74, 6) is -0.434. The van der Waals surface area contributed by atoms with Gasteiger partial charge in [-0.15, -0.1) is 0 Å². The lowest BCUT2D eigenvalue weighted by Crippen LogP contribution is -2.39. The number of urea groups is 1. The minimum atomic E-state index is -0.434. The summed E-state index contributed by atoms with van der Waals surface area (Å²) in [6, 6.07) is -0.368. The lowest BCUT2D eigenvalue weighted by atomic mass is 10.6. The number of nitrogens with one attached hydrogen (secondary N) is 2. The van der Waals surface area contributed by atoms with Crippen LogP contribution in [0.5, 0.6) is 0 Å². The van der Waals surface area contributed by atoms with Crippen molar-refractivity contribution in [1.29, 1.82) is 0 Å². The van der Waals surface area contributed by atoms with Crippen LogP contribution in [-0.2, 0) is 9.53 Å². The van der Waals surface area contributed by atoms with Gasteiger partial charge in [-0.05, 0) is 6.92 Å². The number of esters is 1. The zero-order chi connectivity index (χ0) is 10.1. The van der Waals surface area contributed by atoms with Crippen molar-refractivity contribution < 1.29 is 14.3 Å². The molecule has 0 aliphatic heterocycles. The molecule has 2 amide bonds. The summed E-state index contributed by atoms with van der Waals surface area (Å²) in [7, 11) is 0. The average Bonchev–Trinajstić information content (AvgIpc) is 2.12. The average molecular weight is 253 g/mol. The highest BCUT2D eigenvalue weighted by Crippen LogP contribution is 1.77. The van der Waals surface area contributed by atoms with Crippen LogP contribution in [0.15, 0.2) is 0 Å². The Kier molecular flexibility index (Phi) is 7.38. The molecule has 5 nitrogen and oxygen atoms in total. The molecule has 0 bridgehead atoms. The fraction of sp³-hybridized carbons (Fsp3) is 0.714. The summed E-state index contributed by atoms with van der Waals surface area (Å²) in [5, 5.41) is 5.56. The predicted molar refractivity (Wildman–Crippen MR) is 51.8 cm³/mol. The van der Waals surface area contributed by atoms with Crippen LogP contribution in [0.25, 0.3) is 0 Å². The molecule has 0 unspecified atom stereocenters. The third kappa shape index (κ3) is 7.58. The van der Waals surface area contributed by atoms with Gasteiger partial charge in [-0.2, -0.15) is 0 Å². The van der Waals surface area contributed by atoms with Crippen molar-refractivity contribution in [2.24, 2.45) is 0 Å². The first kappa shape index (κ1) is 12.2. The molecular weight excluding hydrogens is 240 g/mol. The van der Waals surface area contributed by atoms with Gasteiger partial charge in [0.15, 0.2) is 0 Å². The molecule has 6 heteroatoms. The predicted octanol–water partition coefficient (Wildman–Crippen LogP) is 0.244. The van der Waals surface area contributed by atoms with Crippen LogP contribution in [0, 0.1) is 0 Å². The Morgan fingerprint density at radius 1 is 1.38 bits per heavy atom. The zero-order valence-electron chi connectivity index (χ0n) is 7.43. The van der Waals surface area contributed by atoms with Crippen LogP contribution < -0.4 is 10.6 Å². The molecule has 0 saturated carbocycles. The van der Waals surface area contributed by atoms with Crippen LogP contribution in [0.3, 0.4) is 0 Å². The van der Waals surface area contributed by atoms with Crippen molar-refractivity contribution in [3.8, 4) is 0 Å². The second-order valence-electron chi connectivity index (χ2n) is 2.10. The van der Waals surface area contributed by atoms with Gasteiger partial charge in [-0.25, -0.2) is 4.79 Å². The van der Waals surface area contributed by atoms with Gasteiger partial charge in [0.2, 0.25) is 0 Å². The number of ether oxygens (including phenoxy) is 1. The van der Waals surface area contributed by atoms with Gasteiger partial charge in [-0.1, -0.05) is 15.9 Å². The summed E-state index contributed by atoms with van der Waals surface area (Å²) >= 11 is 3.15. The van der Waals surface area contributed by atoms with E-state index in [0.717, 1.165) is 0 Å². The Hall–Kier alpha value is -0.780. The number of hydrogen-bond acceptors (Lipinski definition) is 3. The van der Waals surface area contributed by atoms with E-state index in [9.17, 15) is 9.59 Å². The molecule has 0 aliphatic carbocycles. The lowest BCUT2D eigenvalue weighted by Gasteiger charge is -2.05. The molecule has 0 heterocycles. The maximum atomic E-state index is 10.9. The van der Waals surface area contributed by atoms with E-state index in [2.05, 4.69) is 31.3 Å². The van der Waals surface area contributed by atoms with Crippen molar-refractivity contribution in [3.05, 3.63) is 0 Å². The van der Waals surface area contributed by atoms with Gasteiger partial charge in [-0.3, -0.25) is 4.79 Å². The van der Waals surface area contributed by atoms with Crippen molar-refractivity contribution in [2.75, 3.05) is 25.0 Å². The molecule has 76 valence electrons. The minimum absolute atomic E-state index is 0.0953. The molecule has 0 fully saturated rings. The molecule has 0 aromatic carbocycles. The highest BCUT2D eigenvalue weighted by molar-refractivity contribution is 9.09. The van der Waals surface area contributed by atoms with E-state index < -0.39 is 5.97 Å². The fourth-order valence-electron chi connectivity index (χ4n) is 0.588. The Balaban J connectivity index is 3.40. The highest BCUT2D eigenvalue weighted by atomic mass is 79.9. The van der Waals surface area contributed by atoms with Crippen molar-refractivity contribution in [2.45, 2.75) is 6.92 Å². The fourth-order valence-corrected chi connectivity index (χ4v) is 0.786. The number of halogens is 1. The Labute approximate surface area is 85.3 Å². The smallest absolute Gasteiger partial charge is 0.325 e. The van der Waals surface area contributed by atoms with Crippen molar-refractivity contribution in [1.82, 2.24) is 10.6 Å². The standard InChI is InChI=1S/C7H13BrN2O3/c1-2-13-6(11)5-10-7(12)9-4-3-8/h2-5H2,1H3,(H2,9,10,12). The van der Waals surface area contributed by atoms with Gasteiger partial charge < -0.3 is 15.4 Å². The second kappa shape index (κ2) is 7.85. The SMILES string of the molecule is CCOC(=O)CNC(=O)NCCBr. The number of carbonyl (C=O) groups is 2. The van der Waals surface area contributed by atoms with Gasteiger partial charge in [0, 0.05) is 11.9 Å². The summed E-state index contributed by atoms with van der Waals surface area (Å²) in [6.45, 7) is 2.46. The molecule has 2 N–H and O–H groups in total. The summed E-state index contributed by atoms with van der Waals surface area (Å²) in [6.07, 6.45) is 0. The zero-order valence-corrected chi connectivity index (χ0v) is 9.02. The van der Waals surface area contributed by atoms with E-state index in [1.807, 2.05) is 0 Å². The molecule has 0 saturated heterocycles. The lowest BCUT2D eigenvalue weighted by molar-refractivity contribution is -0.141. The maximum absolute atomic E-state index is 10.9. The van der Waals surface area contributed by atoms with Crippen LogP contribution in [0.2, 0.25) is 0 Å². The molecule has 13 heavy (non-hydrogen) atoms. The third-order valence-corrected chi connectivity index (χ3v) is 1.48. The van der Waals surface area contributed by atoms with Crippen LogP contribution in [0.1, 0.15) is 6.92 Å².